The molecule has 1 amide bonds. The van der Waals surface area contributed by atoms with Gasteiger partial charge in [-0.3, -0.25) is 9.69 Å². The van der Waals surface area contributed by atoms with Gasteiger partial charge in [0, 0.05) is 56.7 Å². The van der Waals surface area contributed by atoms with E-state index in [0.29, 0.717) is 18.5 Å². The van der Waals surface area contributed by atoms with Crippen LogP contribution in [0.1, 0.15) is 37.7 Å². The van der Waals surface area contributed by atoms with Crippen LogP contribution in [0.3, 0.4) is 0 Å². The highest BCUT2D eigenvalue weighted by molar-refractivity contribution is 5.77. The normalized spacial score (nSPS) is 28.2. The van der Waals surface area contributed by atoms with E-state index in [0.717, 1.165) is 64.6 Å². The Labute approximate surface area is 153 Å². The van der Waals surface area contributed by atoms with Gasteiger partial charge in [0.1, 0.15) is 11.6 Å². The fraction of sp³-hybridized carbons (Fsp3) is 0.650. The van der Waals surface area contributed by atoms with E-state index >= 15 is 0 Å². The highest BCUT2D eigenvalue weighted by Crippen LogP contribution is 2.39. The topological polar surface area (TPSA) is 32.8 Å². The Morgan fingerprint density at radius 1 is 1.12 bits per heavy atom. The third-order valence-corrected chi connectivity index (χ3v) is 6.21. The molecule has 1 spiro atoms. The molecular formula is C20H26F2N2O2. The van der Waals surface area contributed by atoms with Crippen molar-refractivity contribution in [2.75, 3.05) is 32.8 Å². The molecular weight excluding hydrogens is 338 g/mol. The molecule has 0 radical (unpaired) electrons. The summed E-state index contributed by atoms with van der Waals surface area (Å²) < 4.78 is 32.3. The summed E-state index contributed by atoms with van der Waals surface area (Å²) in [5.41, 5.74) is 0.835. The number of likely N-dealkylation sites (tertiary alicyclic amines) is 2. The third-order valence-electron chi connectivity index (χ3n) is 6.21. The molecule has 3 heterocycles. The first-order chi connectivity index (χ1) is 12.5. The van der Waals surface area contributed by atoms with Crippen LogP contribution in [0, 0.1) is 17.0 Å². The van der Waals surface area contributed by atoms with Gasteiger partial charge in [0.05, 0.1) is 6.61 Å². The lowest BCUT2D eigenvalue weighted by molar-refractivity contribution is -0.142. The van der Waals surface area contributed by atoms with Gasteiger partial charge < -0.3 is 9.64 Å². The number of carbonyl (C=O) groups excluding carboxylic acids is 1. The molecule has 4 rings (SSSR count). The quantitative estimate of drug-likeness (QED) is 0.827. The second-order valence-corrected chi connectivity index (χ2v) is 8.11. The van der Waals surface area contributed by atoms with E-state index in [9.17, 15) is 13.6 Å². The summed E-state index contributed by atoms with van der Waals surface area (Å²) in [6, 6.07) is 3.97. The van der Waals surface area contributed by atoms with Crippen molar-refractivity contribution in [3.05, 3.63) is 35.4 Å². The number of benzene rings is 1. The number of amides is 1. The molecule has 0 saturated carbocycles. The van der Waals surface area contributed by atoms with E-state index in [1.165, 1.54) is 12.1 Å². The average Bonchev–Trinajstić information content (AvgIpc) is 3.05. The first-order valence-electron chi connectivity index (χ1n) is 9.58. The summed E-state index contributed by atoms with van der Waals surface area (Å²) >= 11 is 0. The molecule has 3 fully saturated rings. The number of carbonyl (C=O) groups is 1. The Kier molecular flexibility index (Phi) is 4.97. The van der Waals surface area contributed by atoms with Crippen LogP contribution in [-0.4, -0.2) is 54.6 Å². The Hall–Kier alpha value is -1.53. The smallest absolute Gasteiger partial charge is 0.222 e. The van der Waals surface area contributed by atoms with Crippen LogP contribution < -0.4 is 0 Å². The Morgan fingerprint density at radius 3 is 2.50 bits per heavy atom. The highest BCUT2D eigenvalue weighted by Gasteiger charge is 2.43. The van der Waals surface area contributed by atoms with E-state index in [2.05, 4.69) is 9.80 Å². The summed E-state index contributed by atoms with van der Waals surface area (Å²) in [6.07, 6.45) is 4.47. The van der Waals surface area contributed by atoms with Gasteiger partial charge in [-0.15, -0.1) is 0 Å². The molecule has 3 aliphatic rings. The fourth-order valence-electron chi connectivity index (χ4n) is 4.70. The Bertz CT molecular complexity index is 648. The van der Waals surface area contributed by atoms with Crippen molar-refractivity contribution in [2.24, 2.45) is 5.41 Å². The number of nitrogens with zero attached hydrogens (tertiary/aromatic N) is 2. The van der Waals surface area contributed by atoms with Crippen LogP contribution in [0.4, 0.5) is 8.78 Å². The molecule has 0 N–H and O–H groups in total. The number of piperidine rings is 2. The van der Waals surface area contributed by atoms with E-state index in [1.54, 1.807) is 0 Å². The molecule has 3 saturated heterocycles. The Morgan fingerprint density at radius 2 is 1.85 bits per heavy atom. The van der Waals surface area contributed by atoms with Gasteiger partial charge in [-0.25, -0.2) is 8.78 Å². The van der Waals surface area contributed by atoms with Gasteiger partial charge in [0.25, 0.3) is 0 Å². The minimum atomic E-state index is -0.530. The molecule has 142 valence electrons. The largest absolute Gasteiger partial charge is 0.381 e. The second kappa shape index (κ2) is 7.24. The van der Waals surface area contributed by atoms with Gasteiger partial charge in [-0.1, -0.05) is 0 Å². The minimum Gasteiger partial charge on any atom is -0.381 e. The van der Waals surface area contributed by atoms with Gasteiger partial charge in [0.2, 0.25) is 5.91 Å². The monoisotopic (exact) mass is 364 g/mol. The molecule has 1 unspecified atom stereocenters. The lowest BCUT2D eigenvalue weighted by atomic mass is 9.78. The molecule has 1 aromatic carbocycles. The summed E-state index contributed by atoms with van der Waals surface area (Å²) in [5, 5.41) is 0. The lowest BCUT2D eigenvalue weighted by Gasteiger charge is -2.45. The molecule has 3 aliphatic heterocycles. The predicted octanol–water partition coefficient (Wildman–Crippen LogP) is 2.96. The minimum absolute atomic E-state index is 0.171. The summed E-state index contributed by atoms with van der Waals surface area (Å²) in [5.74, 6) is -0.788. The van der Waals surface area contributed by atoms with Crippen LogP contribution in [0.25, 0.3) is 0 Å². The van der Waals surface area contributed by atoms with E-state index in [4.69, 9.17) is 4.74 Å². The maximum atomic E-state index is 13.4. The first kappa shape index (κ1) is 17.9. The van der Waals surface area contributed by atoms with Crippen LogP contribution in [-0.2, 0) is 16.1 Å². The standard InChI is InChI=1S/C20H26F2N2O2/c21-16-9-15(10-17(22)11-16)12-23-6-2-18(3-7-23)24-13-20(4-1-19(24)25)5-8-26-14-20/h9-11,18H,1-8,12-14H2. The van der Waals surface area contributed by atoms with Gasteiger partial charge >= 0.3 is 0 Å². The number of rotatable bonds is 3. The second-order valence-electron chi connectivity index (χ2n) is 8.11. The van der Waals surface area contributed by atoms with Crippen LogP contribution in [0.15, 0.2) is 18.2 Å². The molecule has 0 aliphatic carbocycles. The van der Waals surface area contributed by atoms with Crippen LogP contribution in [0.2, 0.25) is 0 Å². The van der Waals surface area contributed by atoms with E-state index in [1.807, 2.05) is 0 Å². The van der Waals surface area contributed by atoms with Gasteiger partial charge in [-0.05, 0) is 43.4 Å². The zero-order chi connectivity index (χ0) is 18.1. The maximum Gasteiger partial charge on any atom is 0.222 e. The first-order valence-corrected chi connectivity index (χ1v) is 9.58. The molecule has 6 heteroatoms. The number of ether oxygens (including phenoxy) is 1. The summed E-state index contributed by atoms with van der Waals surface area (Å²) in [7, 11) is 0. The average molecular weight is 364 g/mol. The SMILES string of the molecule is O=C1CCC2(CCOC2)CN1C1CCN(Cc2cc(F)cc(F)c2)CC1. The van der Waals surface area contributed by atoms with Gasteiger partial charge in [-0.2, -0.15) is 0 Å². The fourth-order valence-corrected chi connectivity index (χ4v) is 4.70. The van der Waals surface area contributed by atoms with Crippen molar-refractivity contribution in [3.63, 3.8) is 0 Å². The Balaban J connectivity index is 1.34. The molecule has 4 nitrogen and oxygen atoms in total. The highest BCUT2D eigenvalue weighted by atomic mass is 19.1. The third kappa shape index (κ3) is 3.76. The number of hydrogen-bond acceptors (Lipinski definition) is 3. The van der Waals surface area contributed by atoms with Crippen molar-refractivity contribution in [1.82, 2.24) is 9.80 Å². The number of hydrogen-bond donors (Lipinski definition) is 0. The van der Waals surface area contributed by atoms with Crippen LogP contribution in [0.5, 0.6) is 0 Å². The van der Waals surface area contributed by atoms with E-state index < -0.39 is 11.6 Å². The molecule has 26 heavy (non-hydrogen) atoms. The molecule has 1 atom stereocenters. The molecule has 0 bridgehead atoms. The summed E-state index contributed by atoms with van der Waals surface area (Å²) in [4.78, 5) is 16.8. The summed E-state index contributed by atoms with van der Waals surface area (Å²) in [6.45, 7) is 4.65. The zero-order valence-corrected chi connectivity index (χ0v) is 15.1. The maximum absolute atomic E-state index is 13.4. The zero-order valence-electron chi connectivity index (χ0n) is 15.1. The van der Waals surface area contributed by atoms with Crippen molar-refractivity contribution in [2.45, 2.75) is 44.7 Å². The predicted molar refractivity (Wildman–Crippen MR) is 93.5 cm³/mol. The van der Waals surface area contributed by atoms with Gasteiger partial charge in [0.15, 0.2) is 0 Å². The van der Waals surface area contributed by atoms with Crippen molar-refractivity contribution >= 4 is 5.91 Å². The number of halogens is 2. The van der Waals surface area contributed by atoms with E-state index in [-0.39, 0.29) is 17.4 Å². The van der Waals surface area contributed by atoms with Crippen molar-refractivity contribution < 1.29 is 18.3 Å². The van der Waals surface area contributed by atoms with Crippen LogP contribution >= 0.6 is 0 Å². The van der Waals surface area contributed by atoms with Crippen molar-refractivity contribution in [1.29, 1.82) is 0 Å². The lowest BCUT2D eigenvalue weighted by Crippen LogP contribution is -2.54. The van der Waals surface area contributed by atoms with Crippen molar-refractivity contribution in [3.8, 4) is 0 Å². The molecule has 0 aromatic heterocycles. The molecule has 1 aromatic rings.